The van der Waals surface area contributed by atoms with Gasteiger partial charge in [-0.2, -0.15) is 0 Å². The van der Waals surface area contributed by atoms with Gasteiger partial charge in [-0.05, 0) is 6.07 Å². The monoisotopic (exact) mass is 301 g/mol. The van der Waals surface area contributed by atoms with Gasteiger partial charge in [0.15, 0.2) is 0 Å². The third kappa shape index (κ3) is 1.52. The molecule has 2 rings (SSSR count). The summed E-state index contributed by atoms with van der Waals surface area (Å²) in [5.74, 6) is 0. The van der Waals surface area contributed by atoms with Gasteiger partial charge in [-0.25, -0.2) is 0 Å². The second-order valence-corrected chi connectivity index (χ2v) is 2.15. The first-order valence-corrected chi connectivity index (χ1v) is 3.06. The van der Waals surface area contributed by atoms with E-state index in [0.717, 1.165) is 11.0 Å². The van der Waals surface area contributed by atoms with E-state index in [4.69, 9.17) is 10.2 Å². The molecule has 1 aromatic heterocycles. The molecule has 0 saturated heterocycles. The van der Waals surface area contributed by atoms with E-state index in [0.29, 0.717) is 5.69 Å². The fraction of sp³-hybridized carbons (Fsp3) is 0. The van der Waals surface area contributed by atoms with Crippen LogP contribution in [0.15, 0.2) is 34.9 Å². The largest absolute Gasteiger partial charge is 0.696 e. The Morgan fingerprint density at radius 2 is 1.91 bits per heavy atom. The minimum Gasteiger partial charge on any atom is -0.696 e. The molecule has 0 spiro atoms. The van der Waals surface area contributed by atoms with E-state index in [9.17, 15) is 0 Å². The van der Waals surface area contributed by atoms with E-state index in [1.54, 1.807) is 0 Å². The number of hydrogen-bond donors (Lipinski definition) is 0. The van der Waals surface area contributed by atoms with Gasteiger partial charge in [-0.15, -0.1) is 0 Å². The van der Waals surface area contributed by atoms with Crippen LogP contribution in [0.25, 0.3) is 16.7 Å². The summed E-state index contributed by atoms with van der Waals surface area (Å²) in [6.07, 6.45) is 1.45. The molecule has 0 amide bonds. The first-order valence-electron chi connectivity index (χ1n) is 3.06. The molecule has 2 nitrogen and oxygen atoms in total. The van der Waals surface area contributed by atoms with Crippen LogP contribution in [0.5, 0.6) is 0 Å². The van der Waals surface area contributed by atoms with E-state index >= 15 is 0 Å². The number of hydrogen-bond acceptors (Lipinski definition) is 1. The van der Waals surface area contributed by atoms with Crippen molar-refractivity contribution in [3.63, 3.8) is 0 Å². The zero-order valence-electron chi connectivity index (χ0n) is 5.57. The van der Waals surface area contributed by atoms with Gasteiger partial charge in [0.05, 0.1) is 6.26 Å². The van der Waals surface area contributed by atoms with Gasteiger partial charge in [0.25, 0.3) is 0 Å². The fourth-order valence-corrected chi connectivity index (χ4v) is 0.978. The number of nitrogens with one attached hydrogen (secondary N) is 1. The summed E-state index contributed by atoms with van der Waals surface area (Å²) in [6.45, 7) is 0. The number of para-hydroxylation sites is 1. The number of rotatable bonds is 0. The molecule has 63 valence electrons. The standard InChI is InChI=1S/C8H6NO.Tm/c9-7-5-10-8-4-2-1-3-6(7)8;/h1-5,9H;/q-1;. The van der Waals surface area contributed by atoms with Crippen LogP contribution in [-0.2, 0) is 0 Å². The number of furan rings is 1. The Kier molecular flexibility index (Phi) is 2.80. The predicted molar refractivity (Wildman–Crippen MR) is 40.2 cm³/mol. The molecule has 1 N–H and O–H groups in total. The minimum atomic E-state index is 0. The molecule has 2 aromatic rings. The molecule has 1 aromatic carbocycles. The van der Waals surface area contributed by atoms with Crippen molar-refractivity contribution in [2.24, 2.45) is 0 Å². The molecule has 0 bridgehead atoms. The van der Waals surface area contributed by atoms with E-state index in [-0.39, 0.29) is 36.9 Å². The third-order valence-electron chi connectivity index (χ3n) is 1.48. The van der Waals surface area contributed by atoms with Crippen LogP contribution in [0.3, 0.4) is 0 Å². The summed E-state index contributed by atoms with van der Waals surface area (Å²) in [6, 6.07) is 7.52. The molecule has 1 heterocycles. The first-order chi connectivity index (χ1) is 4.88. The Balaban J connectivity index is 0.000000605. The molecule has 0 unspecified atom stereocenters. The van der Waals surface area contributed by atoms with Crippen molar-refractivity contribution in [1.29, 1.82) is 0 Å². The molecule has 0 aliphatic heterocycles. The maximum absolute atomic E-state index is 7.35. The van der Waals surface area contributed by atoms with Crippen LogP contribution in [0, 0.1) is 36.9 Å². The van der Waals surface area contributed by atoms with Crippen molar-refractivity contribution >= 4 is 16.7 Å². The van der Waals surface area contributed by atoms with Crippen molar-refractivity contribution in [1.82, 2.24) is 0 Å². The molecule has 0 aliphatic rings. The molecule has 0 saturated carbocycles. The zero-order chi connectivity index (χ0) is 6.97. The van der Waals surface area contributed by atoms with Gasteiger partial charge in [0, 0.05) is 42.3 Å². The van der Waals surface area contributed by atoms with Crippen molar-refractivity contribution < 1.29 is 41.3 Å². The SMILES string of the molecule is [NH-]c1coc2ccccc12.[Tm]. The topological polar surface area (TPSA) is 36.9 Å². The molecule has 3 heteroatoms. The Bertz CT molecular complexity index is 356. The van der Waals surface area contributed by atoms with Crippen molar-refractivity contribution in [3.8, 4) is 0 Å². The summed E-state index contributed by atoms with van der Waals surface area (Å²) in [5, 5.41) is 0.877. The summed E-state index contributed by atoms with van der Waals surface area (Å²) in [4.78, 5) is 0. The minimum absolute atomic E-state index is 0. The van der Waals surface area contributed by atoms with Crippen molar-refractivity contribution in [2.45, 2.75) is 0 Å². The van der Waals surface area contributed by atoms with Gasteiger partial charge < -0.3 is 10.2 Å². The second kappa shape index (κ2) is 3.46. The van der Waals surface area contributed by atoms with Crippen LogP contribution in [0.1, 0.15) is 0 Å². The summed E-state index contributed by atoms with van der Waals surface area (Å²) in [7, 11) is 0. The quantitative estimate of drug-likeness (QED) is 0.736. The van der Waals surface area contributed by atoms with Crippen LogP contribution in [-0.4, -0.2) is 0 Å². The summed E-state index contributed by atoms with van der Waals surface area (Å²) in [5.41, 5.74) is 8.59. The van der Waals surface area contributed by atoms with E-state index in [2.05, 4.69) is 0 Å². The van der Waals surface area contributed by atoms with Gasteiger partial charge in [-0.3, -0.25) is 0 Å². The van der Waals surface area contributed by atoms with Crippen molar-refractivity contribution in [3.05, 3.63) is 36.3 Å². The average Bonchev–Trinajstić information content (AvgIpc) is 2.34. The Hall–Kier alpha value is -0.206. The van der Waals surface area contributed by atoms with Gasteiger partial charge in [-0.1, -0.05) is 23.9 Å². The molecular formula is C8H6NOTm-. The Morgan fingerprint density at radius 1 is 1.18 bits per heavy atom. The average molecular weight is 301 g/mol. The molecule has 0 aliphatic carbocycles. The van der Waals surface area contributed by atoms with Crippen LogP contribution < -0.4 is 0 Å². The van der Waals surface area contributed by atoms with Crippen LogP contribution >= 0.6 is 0 Å². The predicted octanol–water partition coefficient (Wildman–Crippen LogP) is 3.12. The summed E-state index contributed by atoms with van der Waals surface area (Å²) >= 11 is 0. The van der Waals surface area contributed by atoms with E-state index in [1.807, 2.05) is 24.3 Å². The number of fused-ring (bicyclic) bond motifs is 1. The van der Waals surface area contributed by atoms with Gasteiger partial charge in [0.1, 0.15) is 5.58 Å². The van der Waals surface area contributed by atoms with Gasteiger partial charge in [0.2, 0.25) is 0 Å². The smallest absolute Gasteiger partial charge is 0.132 e. The Morgan fingerprint density at radius 3 is 2.64 bits per heavy atom. The molecule has 0 atom stereocenters. The fourth-order valence-electron chi connectivity index (χ4n) is 0.978. The first kappa shape index (κ1) is 8.89. The molecule has 1 radical (unpaired) electrons. The molecule has 11 heavy (non-hydrogen) atoms. The van der Waals surface area contributed by atoms with Crippen LogP contribution in [0.2, 0.25) is 0 Å². The Labute approximate surface area is 93.6 Å². The van der Waals surface area contributed by atoms with E-state index < -0.39 is 0 Å². The normalized spacial score (nSPS) is 9.45. The summed E-state index contributed by atoms with van der Waals surface area (Å²) < 4.78 is 5.06. The van der Waals surface area contributed by atoms with Crippen LogP contribution in [0.4, 0.5) is 5.69 Å². The molecular weight excluding hydrogens is 295 g/mol. The third-order valence-corrected chi connectivity index (χ3v) is 1.48. The van der Waals surface area contributed by atoms with E-state index in [1.165, 1.54) is 6.26 Å². The van der Waals surface area contributed by atoms with Gasteiger partial charge >= 0.3 is 0 Å². The number of benzene rings is 1. The zero-order valence-corrected chi connectivity index (χ0v) is 7.35. The maximum atomic E-state index is 7.35. The second-order valence-electron chi connectivity index (χ2n) is 2.15. The maximum Gasteiger partial charge on any atom is 0.132 e. The molecule has 0 fully saturated rings. The van der Waals surface area contributed by atoms with Crippen molar-refractivity contribution in [2.75, 3.05) is 0 Å².